The van der Waals surface area contributed by atoms with Crippen LogP contribution in [-0.4, -0.2) is 23.3 Å². The topological polar surface area (TPSA) is 128 Å². The Bertz CT molecular complexity index is 1020. The second-order valence-corrected chi connectivity index (χ2v) is 6.45. The highest BCUT2D eigenvalue weighted by molar-refractivity contribution is 5.95. The molecule has 0 saturated carbocycles. The van der Waals surface area contributed by atoms with E-state index in [9.17, 15) is 32.9 Å². The number of rotatable bonds is 9. The molecule has 2 aromatic carbocycles. The van der Waals surface area contributed by atoms with Gasteiger partial charge in [-0.15, -0.1) is 0 Å². The van der Waals surface area contributed by atoms with Gasteiger partial charge in [-0.05, 0) is 24.3 Å². The summed E-state index contributed by atoms with van der Waals surface area (Å²) in [5.74, 6) is -1.12. The van der Waals surface area contributed by atoms with Crippen molar-refractivity contribution in [2.45, 2.75) is 25.4 Å². The van der Waals surface area contributed by atoms with Gasteiger partial charge in [0.05, 0.1) is 23.0 Å². The molecule has 0 radical (unpaired) electrons. The number of hydrogen-bond acceptors (Lipinski definition) is 6. The summed E-state index contributed by atoms with van der Waals surface area (Å²) >= 11 is 0. The molecule has 2 rings (SSSR count). The van der Waals surface area contributed by atoms with E-state index < -0.39 is 34.2 Å². The van der Waals surface area contributed by atoms with Crippen LogP contribution in [0.5, 0.6) is 0 Å². The summed E-state index contributed by atoms with van der Waals surface area (Å²) < 4.78 is 38.3. The molecule has 9 nitrogen and oxygen atoms in total. The molecule has 0 unspecified atom stereocenters. The molecule has 0 bridgehead atoms. The third-order valence-electron chi connectivity index (χ3n) is 4.24. The van der Waals surface area contributed by atoms with Crippen LogP contribution in [0.2, 0.25) is 0 Å². The number of carbonyl (C=O) groups is 2. The van der Waals surface area contributed by atoms with Gasteiger partial charge in [-0.3, -0.25) is 30.6 Å². The Morgan fingerprint density at radius 2 is 1.81 bits per heavy atom. The first-order valence-electron chi connectivity index (χ1n) is 9.26. The van der Waals surface area contributed by atoms with E-state index in [0.717, 1.165) is 6.07 Å². The number of nitro benzene ring substituents is 1. The lowest BCUT2D eigenvalue weighted by Crippen LogP contribution is -2.34. The average Bonchev–Trinajstić information content (AvgIpc) is 2.76. The van der Waals surface area contributed by atoms with E-state index >= 15 is 0 Å². The van der Waals surface area contributed by atoms with Crippen LogP contribution >= 0.6 is 0 Å². The number of halogens is 3. The number of carbonyl (C=O) groups excluding carboxylic acids is 2. The SMILES string of the molecule is N#CCCN(C(=O)CCC(=O)NNc1ccc(C(F)(F)F)cc1[N+](=O)[O-])c1ccccc1. The van der Waals surface area contributed by atoms with Crippen molar-refractivity contribution in [2.75, 3.05) is 16.9 Å². The standard InChI is InChI=1S/C20H18F3N5O4/c21-20(22,23)14-7-8-16(17(13-14)28(31)32)25-26-18(29)9-10-19(30)27(12-4-11-24)15-5-2-1-3-6-15/h1-3,5-8,13,25H,4,9-10,12H2,(H,26,29). The molecule has 168 valence electrons. The number of amides is 2. The lowest BCUT2D eigenvalue weighted by molar-refractivity contribution is -0.384. The van der Waals surface area contributed by atoms with E-state index in [1.54, 1.807) is 30.3 Å². The zero-order valence-electron chi connectivity index (χ0n) is 16.6. The highest BCUT2D eigenvalue weighted by Crippen LogP contribution is 2.34. The molecule has 2 N–H and O–H groups in total. The molecule has 0 aliphatic rings. The minimum atomic E-state index is -4.76. The second-order valence-electron chi connectivity index (χ2n) is 6.45. The van der Waals surface area contributed by atoms with Crippen molar-refractivity contribution in [3.63, 3.8) is 0 Å². The van der Waals surface area contributed by atoms with Gasteiger partial charge in [0.25, 0.3) is 5.69 Å². The van der Waals surface area contributed by atoms with E-state index in [1.165, 1.54) is 4.90 Å². The van der Waals surface area contributed by atoms with Crippen LogP contribution in [0.15, 0.2) is 48.5 Å². The van der Waals surface area contributed by atoms with Gasteiger partial charge in [0.15, 0.2) is 0 Å². The summed E-state index contributed by atoms with van der Waals surface area (Å²) in [4.78, 5) is 36.0. The predicted octanol–water partition coefficient (Wildman–Crippen LogP) is 3.78. The van der Waals surface area contributed by atoms with Crippen LogP contribution in [0, 0.1) is 21.4 Å². The van der Waals surface area contributed by atoms with E-state index in [1.807, 2.05) is 6.07 Å². The molecule has 0 aromatic heterocycles. The quantitative estimate of drug-likeness (QED) is 0.443. The van der Waals surface area contributed by atoms with Crippen LogP contribution in [0.1, 0.15) is 24.8 Å². The molecule has 0 saturated heterocycles. The van der Waals surface area contributed by atoms with Gasteiger partial charge in [-0.25, -0.2) is 0 Å². The Balaban J connectivity index is 1.98. The first kappa shape index (κ1) is 24.1. The fourth-order valence-electron chi connectivity index (χ4n) is 2.69. The van der Waals surface area contributed by atoms with Crippen molar-refractivity contribution in [3.8, 4) is 6.07 Å². The largest absolute Gasteiger partial charge is 0.416 e. The lowest BCUT2D eigenvalue weighted by atomic mass is 10.1. The fraction of sp³-hybridized carbons (Fsp3) is 0.250. The summed E-state index contributed by atoms with van der Waals surface area (Å²) in [6, 6.07) is 12.3. The first-order valence-corrected chi connectivity index (χ1v) is 9.26. The third kappa shape index (κ3) is 6.69. The van der Waals surface area contributed by atoms with Crippen LogP contribution in [0.25, 0.3) is 0 Å². The van der Waals surface area contributed by atoms with Crippen LogP contribution in [-0.2, 0) is 15.8 Å². The van der Waals surface area contributed by atoms with Gasteiger partial charge >= 0.3 is 6.18 Å². The molecule has 0 fully saturated rings. The number of nitrogens with zero attached hydrogens (tertiary/aromatic N) is 3. The van der Waals surface area contributed by atoms with Crippen molar-refractivity contribution >= 4 is 28.9 Å². The number of hydrogen-bond donors (Lipinski definition) is 2. The van der Waals surface area contributed by atoms with Crippen molar-refractivity contribution < 1.29 is 27.7 Å². The predicted molar refractivity (Wildman–Crippen MR) is 108 cm³/mol. The number of benzene rings is 2. The monoisotopic (exact) mass is 449 g/mol. The molecule has 12 heteroatoms. The molecule has 2 amide bonds. The van der Waals surface area contributed by atoms with Gasteiger partial charge in [0.2, 0.25) is 11.8 Å². The Kier molecular flexibility index (Phi) is 8.11. The Hall–Kier alpha value is -4.14. The van der Waals surface area contributed by atoms with Crippen molar-refractivity contribution in [2.24, 2.45) is 0 Å². The van der Waals surface area contributed by atoms with Crippen LogP contribution in [0.4, 0.5) is 30.2 Å². The van der Waals surface area contributed by atoms with Crippen molar-refractivity contribution in [1.82, 2.24) is 5.43 Å². The van der Waals surface area contributed by atoms with Crippen LogP contribution in [0.3, 0.4) is 0 Å². The molecule has 0 heterocycles. The number of nitriles is 1. The maximum atomic E-state index is 12.8. The lowest BCUT2D eigenvalue weighted by Gasteiger charge is -2.21. The van der Waals surface area contributed by atoms with Gasteiger partial charge in [0, 0.05) is 31.1 Å². The summed E-state index contributed by atoms with van der Waals surface area (Å²) in [5, 5.41) is 19.9. The number of nitrogens with one attached hydrogen (secondary N) is 2. The zero-order chi connectivity index (χ0) is 23.7. The number of nitro groups is 1. The molecule has 0 aliphatic carbocycles. The third-order valence-corrected chi connectivity index (χ3v) is 4.24. The Labute approximate surface area is 180 Å². The summed E-state index contributed by atoms with van der Waals surface area (Å²) in [5.41, 5.74) is 2.49. The highest BCUT2D eigenvalue weighted by atomic mass is 19.4. The Morgan fingerprint density at radius 3 is 2.41 bits per heavy atom. The van der Waals surface area contributed by atoms with E-state index in [2.05, 4.69) is 10.9 Å². The summed E-state index contributed by atoms with van der Waals surface area (Å²) in [6.45, 7) is 0.136. The van der Waals surface area contributed by atoms with Crippen molar-refractivity contribution in [3.05, 3.63) is 64.2 Å². The minimum Gasteiger partial charge on any atom is -0.311 e. The molecule has 2 aromatic rings. The maximum absolute atomic E-state index is 12.8. The molecule has 0 aliphatic heterocycles. The van der Waals surface area contributed by atoms with Gasteiger partial charge in [-0.1, -0.05) is 18.2 Å². The number of alkyl halides is 3. The van der Waals surface area contributed by atoms with Crippen molar-refractivity contribution in [1.29, 1.82) is 5.26 Å². The molecular weight excluding hydrogens is 431 g/mol. The van der Waals surface area contributed by atoms with E-state index in [0.29, 0.717) is 17.8 Å². The van der Waals surface area contributed by atoms with E-state index in [-0.39, 0.29) is 31.5 Å². The first-order chi connectivity index (χ1) is 15.1. The smallest absolute Gasteiger partial charge is 0.311 e. The number of para-hydroxylation sites is 1. The number of anilines is 2. The fourth-order valence-corrected chi connectivity index (χ4v) is 2.69. The highest BCUT2D eigenvalue weighted by Gasteiger charge is 2.33. The number of hydrazine groups is 1. The van der Waals surface area contributed by atoms with E-state index in [4.69, 9.17) is 5.26 Å². The Morgan fingerprint density at radius 1 is 1.12 bits per heavy atom. The summed E-state index contributed by atoms with van der Waals surface area (Å²) in [6.07, 6.45) is -5.19. The van der Waals surface area contributed by atoms with Crippen LogP contribution < -0.4 is 15.8 Å². The molecule has 0 spiro atoms. The zero-order valence-corrected chi connectivity index (χ0v) is 16.6. The molecule has 0 atom stereocenters. The van der Waals surface area contributed by atoms with Gasteiger partial charge in [0.1, 0.15) is 5.69 Å². The summed E-state index contributed by atoms with van der Waals surface area (Å²) in [7, 11) is 0. The van der Waals surface area contributed by atoms with Gasteiger partial charge in [-0.2, -0.15) is 18.4 Å². The average molecular weight is 449 g/mol. The molecular formula is C20H18F3N5O4. The minimum absolute atomic E-state index is 0.0893. The molecule has 32 heavy (non-hydrogen) atoms. The normalized spacial score (nSPS) is 10.7. The maximum Gasteiger partial charge on any atom is 0.416 e. The van der Waals surface area contributed by atoms with Gasteiger partial charge < -0.3 is 4.90 Å². The second kappa shape index (κ2) is 10.8.